The van der Waals surface area contributed by atoms with Crippen LogP contribution in [0.4, 0.5) is 4.79 Å². The van der Waals surface area contributed by atoms with Gasteiger partial charge < -0.3 is 20.3 Å². The van der Waals surface area contributed by atoms with E-state index in [-0.39, 0.29) is 10.7 Å². The van der Waals surface area contributed by atoms with Gasteiger partial charge in [0, 0.05) is 11.3 Å². The van der Waals surface area contributed by atoms with Crippen molar-refractivity contribution in [3.8, 4) is 5.75 Å². The summed E-state index contributed by atoms with van der Waals surface area (Å²) in [5, 5.41) is 22.7. The zero-order chi connectivity index (χ0) is 27.9. The molecule has 0 saturated heterocycles. The van der Waals surface area contributed by atoms with Crippen molar-refractivity contribution in [3.63, 3.8) is 0 Å². The first-order chi connectivity index (χ1) is 18.3. The van der Waals surface area contributed by atoms with Gasteiger partial charge in [-0.2, -0.15) is 0 Å². The molecule has 0 saturated carbocycles. The molecule has 1 aromatic carbocycles. The Bertz CT molecular complexity index is 962. The molecule has 0 fully saturated rings. The Morgan fingerprint density at radius 3 is 1.97 bits per heavy atom. The summed E-state index contributed by atoms with van der Waals surface area (Å²) in [6.45, 7) is 6.09. The van der Waals surface area contributed by atoms with E-state index < -0.39 is 18.1 Å². The van der Waals surface area contributed by atoms with Gasteiger partial charge in [0.25, 0.3) is 0 Å². The molecule has 38 heavy (non-hydrogen) atoms. The van der Waals surface area contributed by atoms with E-state index in [0.29, 0.717) is 30.0 Å². The van der Waals surface area contributed by atoms with Gasteiger partial charge in [-0.15, -0.1) is 0 Å². The van der Waals surface area contributed by atoms with Crippen molar-refractivity contribution in [2.75, 3.05) is 6.61 Å². The van der Waals surface area contributed by atoms with E-state index in [4.69, 9.17) is 17.0 Å². The minimum Gasteiger partial charge on any atom is -0.493 e. The van der Waals surface area contributed by atoms with Crippen molar-refractivity contribution < 1.29 is 24.5 Å². The van der Waals surface area contributed by atoms with Crippen molar-refractivity contribution >= 4 is 29.4 Å². The number of carboxylic acids is 1. The van der Waals surface area contributed by atoms with Crippen LogP contribution in [-0.2, 0) is 11.2 Å². The summed E-state index contributed by atoms with van der Waals surface area (Å²) in [4.78, 5) is 25.4. The fourth-order valence-electron chi connectivity index (χ4n) is 5.22. The normalized spacial score (nSPS) is 15.5. The number of nitrogens with one attached hydrogen (secondary N) is 1. The maximum Gasteiger partial charge on any atom is 0.414 e. The predicted octanol–water partition coefficient (Wildman–Crippen LogP) is 7.99. The number of amides is 1. The first-order valence-electron chi connectivity index (χ1n) is 14.3. The molecule has 0 radical (unpaired) electrons. The van der Waals surface area contributed by atoms with Gasteiger partial charge in [-0.3, -0.25) is 0 Å². The fraction of sp³-hybridized carbons (Fsp3) is 0.633. The monoisotopic (exact) mass is 546 g/mol. The molecular formula is C30H46N2O5S. The third kappa shape index (κ3) is 9.29. The van der Waals surface area contributed by atoms with Crippen LogP contribution in [-0.4, -0.2) is 38.9 Å². The number of aryl methyl sites for hydroxylation is 1. The molecule has 212 valence electrons. The van der Waals surface area contributed by atoms with Gasteiger partial charge in [0.15, 0.2) is 5.11 Å². The second-order valence-electron chi connectivity index (χ2n) is 10.1. The lowest BCUT2D eigenvalue weighted by molar-refractivity contribution is -0.133. The van der Waals surface area contributed by atoms with Gasteiger partial charge in [-0.05, 0) is 50.5 Å². The molecule has 7 nitrogen and oxygen atoms in total. The lowest BCUT2D eigenvalue weighted by atomic mass is 9.88. The summed E-state index contributed by atoms with van der Waals surface area (Å²) in [5.41, 5.74) is 1.76. The molecule has 1 atom stereocenters. The number of carbonyl (C=O) groups is 2. The third-order valence-corrected chi connectivity index (χ3v) is 7.46. The molecule has 0 aliphatic carbocycles. The van der Waals surface area contributed by atoms with E-state index in [9.17, 15) is 19.8 Å². The van der Waals surface area contributed by atoms with Gasteiger partial charge >= 0.3 is 12.1 Å². The van der Waals surface area contributed by atoms with Gasteiger partial charge in [0.05, 0.1) is 12.2 Å². The number of carboxylic acid groups (broad SMARTS) is 2. The molecule has 1 amide bonds. The Morgan fingerprint density at radius 1 is 0.921 bits per heavy atom. The quantitative estimate of drug-likeness (QED) is 0.127. The first kappa shape index (κ1) is 31.6. The summed E-state index contributed by atoms with van der Waals surface area (Å²) < 4.78 is 5.88. The molecule has 1 heterocycles. The highest BCUT2D eigenvalue weighted by atomic mass is 32.1. The minimum absolute atomic E-state index is 0.0387. The Morgan fingerprint density at radius 2 is 1.47 bits per heavy atom. The Balaban J connectivity index is 2.04. The Labute approximate surface area is 233 Å². The number of rotatable bonds is 18. The zero-order valence-corrected chi connectivity index (χ0v) is 24.2. The van der Waals surface area contributed by atoms with Crippen LogP contribution in [0.3, 0.4) is 0 Å². The molecule has 1 aromatic rings. The predicted molar refractivity (Wildman–Crippen MR) is 156 cm³/mol. The van der Waals surface area contributed by atoms with Gasteiger partial charge in [0.1, 0.15) is 11.8 Å². The van der Waals surface area contributed by atoms with Gasteiger partial charge in [0.2, 0.25) is 0 Å². The van der Waals surface area contributed by atoms with Crippen LogP contribution < -0.4 is 10.1 Å². The highest BCUT2D eigenvalue weighted by Gasteiger charge is 2.42. The maximum absolute atomic E-state index is 12.3. The highest BCUT2D eigenvalue weighted by Crippen LogP contribution is 2.41. The molecule has 1 aliphatic heterocycles. The van der Waals surface area contributed by atoms with Crippen molar-refractivity contribution in [2.45, 2.75) is 117 Å². The summed E-state index contributed by atoms with van der Waals surface area (Å²) in [6.07, 6.45) is 15.8. The number of thiocarbonyl (C=S) groups is 1. The topological polar surface area (TPSA) is 99.1 Å². The van der Waals surface area contributed by atoms with E-state index in [1.165, 1.54) is 64.2 Å². The standard InChI is InChI=1S/C30H46N2O5S/c1-4-6-7-8-9-10-11-12-13-14-15-16-17-19-23-20-18-21-24(37-5-2)26(23)27-25(28(33)34)22(3)31-29(38)32(27)30(35)36/h18,20-21,27H,4-17,19H2,1-3H3,(H,31,38)(H,33,34)(H,35,36). The van der Waals surface area contributed by atoms with Crippen LogP contribution in [0.25, 0.3) is 0 Å². The molecule has 0 bridgehead atoms. The Hall–Kier alpha value is -2.61. The number of nitrogens with zero attached hydrogens (tertiary/aromatic N) is 1. The number of hydrogen-bond donors (Lipinski definition) is 3. The molecule has 0 aromatic heterocycles. The average molecular weight is 547 g/mol. The van der Waals surface area contributed by atoms with Gasteiger partial charge in [-0.1, -0.05) is 96.1 Å². The summed E-state index contributed by atoms with van der Waals surface area (Å²) >= 11 is 5.31. The number of benzene rings is 1. The summed E-state index contributed by atoms with van der Waals surface area (Å²) in [6, 6.07) is 4.51. The first-order valence-corrected chi connectivity index (χ1v) is 14.8. The molecular weight excluding hydrogens is 500 g/mol. The maximum atomic E-state index is 12.3. The molecule has 2 rings (SSSR count). The molecule has 1 aliphatic rings. The summed E-state index contributed by atoms with van der Waals surface area (Å²) in [7, 11) is 0. The zero-order valence-electron chi connectivity index (χ0n) is 23.4. The van der Waals surface area contributed by atoms with E-state index in [1.807, 2.05) is 19.1 Å². The van der Waals surface area contributed by atoms with Crippen molar-refractivity contribution in [1.29, 1.82) is 0 Å². The number of aliphatic carboxylic acids is 1. The smallest absolute Gasteiger partial charge is 0.414 e. The number of hydrogen-bond acceptors (Lipinski definition) is 4. The van der Waals surface area contributed by atoms with E-state index in [0.717, 1.165) is 29.7 Å². The molecule has 3 N–H and O–H groups in total. The second-order valence-corrected chi connectivity index (χ2v) is 10.5. The lowest BCUT2D eigenvalue weighted by Gasteiger charge is -2.37. The van der Waals surface area contributed by atoms with Crippen LogP contribution in [0.2, 0.25) is 0 Å². The Kier molecular flexibility index (Phi) is 14.2. The minimum atomic E-state index is -1.31. The largest absolute Gasteiger partial charge is 0.493 e. The number of ether oxygens (including phenoxy) is 1. The van der Waals surface area contributed by atoms with Crippen molar-refractivity contribution in [2.24, 2.45) is 0 Å². The van der Waals surface area contributed by atoms with E-state index >= 15 is 0 Å². The average Bonchev–Trinajstić information content (AvgIpc) is 2.86. The molecule has 0 spiro atoms. The number of allylic oxidation sites excluding steroid dienone is 1. The van der Waals surface area contributed by atoms with Crippen molar-refractivity contribution in [3.05, 3.63) is 40.6 Å². The number of unbranched alkanes of at least 4 members (excludes halogenated alkanes) is 12. The second kappa shape index (κ2) is 17.1. The fourth-order valence-corrected chi connectivity index (χ4v) is 5.56. The van der Waals surface area contributed by atoms with E-state index in [2.05, 4.69) is 12.2 Å². The third-order valence-electron chi connectivity index (χ3n) is 7.16. The molecule has 8 heteroatoms. The molecule has 1 unspecified atom stereocenters. The summed E-state index contributed by atoms with van der Waals surface area (Å²) in [5.74, 6) is -0.695. The van der Waals surface area contributed by atoms with Crippen LogP contribution in [0.15, 0.2) is 29.5 Å². The van der Waals surface area contributed by atoms with Crippen LogP contribution >= 0.6 is 12.2 Å². The van der Waals surface area contributed by atoms with Crippen LogP contribution in [0.1, 0.15) is 121 Å². The lowest BCUT2D eigenvalue weighted by Crippen LogP contribution is -2.50. The van der Waals surface area contributed by atoms with E-state index in [1.54, 1.807) is 13.0 Å². The van der Waals surface area contributed by atoms with Crippen LogP contribution in [0, 0.1) is 0 Å². The van der Waals surface area contributed by atoms with Crippen LogP contribution in [0.5, 0.6) is 5.75 Å². The SMILES string of the molecule is CCCCCCCCCCCCCCCc1cccc(OCC)c1C1C(C(=O)O)=C(C)NC(=S)N1C(=O)O. The highest BCUT2D eigenvalue weighted by molar-refractivity contribution is 7.80. The van der Waals surface area contributed by atoms with Crippen molar-refractivity contribution in [1.82, 2.24) is 10.2 Å². The van der Waals surface area contributed by atoms with Gasteiger partial charge in [-0.25, -0.2) is 14.5 Å².